The Labute approximate surface area is 140 Å². The lowest BCUT2D eigenvalue weighted by Crippen LogP contribution is -2.17. The first-order chi connectivity index (χ1) is 11.4. The standard InChI is InChI=1S/C18H22O6/c1-11-4-2-6-13(19)9-14(20)7-3-5-12-8-15(21)10-16(22)17(12)18(23)24-11/h2-3,5-6,8,10-11,13-14,19-22H,4,7,9H2,1H3/b5-3+,6-2+/t11-,13-,14-/m0/s1. The van der Waals surface area contributed by atoms with E-state index in [4.69, 9.17) is 4.74 Å². The molecule has 3 atom stereocenters. The fraction of sp³-hybridized carbons (Fsp3) is 0.389. The SMILES string of the molecule is C[C@H]1C/C=C/[C@H](O)C[C@@H](O)C/C=C/c2cc(O)cc(O)c2C(=O)O1. The third-order valence-electron chi connectivity index (χ3n) is 3.69. The number of phenolic OH excluding ortho intramolecular Hbond substituents is 2. The third kappa shape index (κ3) is 4.84. The van der Waals surface area contributed by atoms with Crippen LogP contribution in [0.1, 0.15) is 42.1 Å². The Morgan fingerprint density at radius 3 is 2.62 bits per heavy atom. The molecule has 0 saturated carbocycles. The lowest BCUT2D eigenvalue weighted by Gasteiger charge is -2.16. The summed E-state index contributed by atoms with van der Waals surface area (Å²) in [5.74, 6) is -1.26. The van der Waals surface area contributed by atoms with Crippen molar-refractivity contribution in [3.05, 3.63) is 41.5 Å². The van der Waals surface area contributed by atoms with Gasteiger partial charge in [0.1, 0.15) is 23.2 Å². The zero-order valence-corrected chi connectivity index (χ0v) is 13.4. The van der Waals surface area contributed by atoms with Crippen LogP contribution in [-0.2, 0) is 4.74 Å². The molecule has 1 aliphatic heterocycles. The first-order valence-corrected chi connectivity index (χ1v) is 7.83. The van der Waals surface area contributed by atoms with Crippen LogP contribution in [0.5, 0.6) is 11.5 Å². The summed E-state index contributed by atoms with van der Waals surface area (Å²) in [5.41, 5.74) is 0.261. The molecule has 1 heterocycles. The zero-order chi connectivity index (χ0) is 17.7. The molecule has 6 nitrogen and oxygen atoms in total. The van der Waals surface area contributed by atoms with Crippen LogP contribution < -0.4 is 0 Å². The van der Waals surface area contributed by atoms with Gasteiger partial charge >= 0.3 is 5.97 Å². The number of rotatable bonds is 0. The number of esters is 1. The van der Waals surface area contributed by atoms with E-state index in [2.05, 4.69) is 0 Å². The van der Waals surface area contributed by atoms with E-state index in [9.17, 15) is 25.2 Å². The molecule has 130 valence electrons. The van der Waals surface area contributed by atoms with Gasteiger partial charge in [-0.1, -0.05) is 24.3 Å². The minimum absolute atomic E-state index is 0.0357. The van der Waals surface area contributed by atoms with Crippen LogP contribution in [0.2, 0.25) is 0 Å². The van der Waals surface area contributed by atoms with E-state index >= 15 is 0 Å². The average Bonchev–Trinajstić information content (AvgIpc) is 2.45. The molecule has 0 aromatic heterocycles. The molecule has 2 rings (SSSR count). The van der Waals surface area contributed by atoms with Gasteiger partial charge in [0.15, 0.2) is 0 Å². The molecule has 1 aliphatic rings. The molecule has 0 aliphatic carbocycles. The molecule has 0 unspecified atom stereocenters. The van der Waals surface area contributed by atoms with Crippen molar-refractivity contribution in [1.29, 1.82) is 0 Å². The van der Waals surface area contributed by atoms with Gasteiger partial charge in [-0.2, -0.15) is 0 Å². The molecule has 0 radical (unpaired) electrons. The van der Waals surface area contributed by atoms with Crippen molar-refractivity contribution in [1.82, 2.24) is 0 Å². The van der Waals surface area contributed by atoms with Crippen molar-refractivity contribution >= 4 is 12.0 Å². The van der Waals surface area contributed by atoms with Crippen molar-refractivity contribution in [2.75, 3.05) is 0 Å². The van der Waals surface area contributed by atoms with E-state index in [0.29, 0.717) is 12.0 Å². The maximum Gasteiger partial charge on any atom is 0.342 e. The minimum atomic E-state index is -0.778. The first kappa shape index (κ1) is 18.0. The summed E-state index contributed by atoms with van der Waals surface area (Å²) >= 11 is 0. The van der Waals surface area contributed by atoms with Crippen LogP contribution in [0.3, 0.4) is 0 Å². The Hall–Kier alpha value is -2.31. The molecule has 6 heteroatoms. The Balaban J connectivity index is 2.38. The van der Waals surface area contributed by atoms with Crippen molar-refractivity contribution in [3.8, 4) is 11.5 Å². The lowest BCUT2D eigenvalue weighted by atomic mass is 10.0. The fourth-order valence-corrected chi connectivity index (χ4v) is 2.51. The molecule has 0 fully saturated rings. The predicted octanol–water partition coefficient (Wildman–Crippen LogP) is 2.12. The molecule has 4 N–H and O–H groups in total. The van der Waals surface area contributed by atoms with Gasteiger partial charge in [0, 0.05) is 18.9 Å². The summed E-state index contributed by atoms with van der Waals surface area (Å²) in [6.07, 6.45) is 5.24. The summed E-state index contributed by atoms with van der Waals surface area (Å²) in [5, 5.41) is 39.4. The van der Waals surface area contributed by atoms with E-state index in [1.54, 1.807) is 25.2 Å². The molecule has 1 aromatic carbocycles. The number of phenols is 2. The van der Waals surface area contributed by atoms with E-state index in [0.717, 1.165) is 6.07 Å². The first-order valence-electron chi connectivity index (χ1n) is 7.83. The van der Waals surface area contributed by atoms with E-state index in [-0.39, 0.29) is 29.9 Å². The van der Waals surface area contributed by atoms with Gasteiger partial charge in [0.2, 0.25) is 0 Å². The highest BCUT2D eigenvalue weighted by atomic mass is 16.5. The highest BCUT2D eigenvalue weighted by molar-refractivity contribution is 5.97. The number of carbonyl (C=O) groups excluding carboxylic acids is 1. The van der Waals surface area contributed by atoms with Gasteiger partial charge in [0.05, 0.1) is 12.2 Å². The smallest absolute Gasteiger partial charge is 0.342 e. The summed E-state index contributed by atoms with van der Waals surface area (Å²) in [4.78, 5) is 12.3. The van der Waals surface area contributed by atoms with Gasteiger partial charge in [-0.3, -0.25) is 0 Å². The Bertz CT molecular complexity index is 649. The molecule has 1 aromatic rings. The number of benzene rings is 1. The second-order valence-corrected chi connectivity index (χ2v) is 5.90. The molecular weight excluding hydrogens is 312 g/mol. The van der Waals surface area contributed by atoms with Crippen LogP contribution in [0.4, 0.5) is 0 Å². The summed E-state index contributed by atoms with van der Waals surface area (Å²) < 4.78 is 5.30. The van der Waals surface area contributed by atoms with Crippen molar-refractivity contribution in [2.24, 2.45) is 0 Å². The quantitative estimate of drug-likeness (QED) is 0.428. The van der Waals surface area contributed by atoms with Gasteiger partial charge < -0.3 is 25.2 Å². The minimum Gasteiger partial charge on any atom is -0.508 e. The highest BCUT2D eigenvalue weighted by Crippen LogP contribution is 2.29. The molecular formula is C18H22O6. The van der Waals surface area contributed by atoms with E-state index in [1.807, 2.05) is 0 Å². The Morgan fingerprint density at radius 2 is 1.88 bits per heavy atom. The van der Waals surface area contributed by atoms with Gasteiger partial charge in [-0.05, 0) is 25.0 Å². The van der Waals surface area contributed by atoms with Crippen LogP contribution in [0, 0.1) is 0 Å². The number of ether oxygens (including phenoxy) is 1. The van der Waals surface area contributed by atoms with E-state index in [1.165, 1.54) is 12.1 Å². The molecule has 24 heavy (non-hydrogen) atoms. The van der Waals surface area contributed by atoms with Gasteiger partial charge in [0.25, 0.3) is 0 Å². The molecule has 0 amide bonds. The summed E-state index contributed by atoms with van der Waals surface area (Å²) in [6.45, 7) is 1.70. The number of hydrogen-bond donors (Lipinski definition) is 4. The number of hydrogen-bond acceptors (Lipinski definition) is 6. The van der Waals surface area contributed by atoms with Crippen molar-refractivity contribution in [3.63, 3.8) is 0 Å². The Kier molecular flexibility index (Phi) is 6.00. The maximum atomic E-state index is 12.3. The number of carbonyl (C=O) groups is 1. The topological polar surface area (TPSA) is 107 Å². The molecule has 0 bridgehead atoms. The van der Waals surface area contributed by atoms with Gasteiger partial charge in [-0.25, -0.2) is 4.79 Å². The van der Waals surface area contributed by atoms with Crippen LogP contribution in [0.15, 0.2) is 30.4 Å². The number of cyclic esters (lactones) is 1. The number of aliphatic hydroxyl groups excluding tert-OH is 2. The third-order valence-corrected chi connectivity index (χ3v) is 3.69. The number of aromatic hydroxyl groups is 2. The molecule has 0 spiro atoms. The van der Waals surface area contributed by atoms with E-state index < -0.39 is 24.3 Å². The summed E-state index contributed by atoms with van der Waals surface area (Å²) in [6, 6.07) is 2.41. The summed E-state index contributed by atoms with van der Waals surface area (Å²) in [7, 11) is 0. The van der Waals surface area contributed by atoms with Crippen molar-refractivity contribution < 1.29 is 30.0 Å². The van der Waals surface area contributed by atoms with Gasteiger partial charge in [-0.15, -0.1) is 0 Å². The second-order valence-electron chi connectivity index (χ2n) is 5.90. The number of fused-ring (bicyclic) bond motifs is 1. The van der Waals surface area contributed by atoms with Crippen LogP contribution in [-0.4, -0.2) is 44.7 Å². The maximum absolute atomic E-state index is 12.3. The van der Waals surface area contributed by atoms with Crippen LogP contribution in [0.25, 0.3) is 6.08 Å². The average molecular weight is 334 g/mol. The largest absolute Gasteiger partial charge is 0.508 e. The normalized spacial score (nSPS) is 28.3. The fourth-order valence-electron chi connectivity index (χ4n) is 2.51. The predicted molar refractivity (Wildman–Crippen MR) is 88.7 cm³/mol. The Morgan fingerprint density at radius 1 is 1.12 bits per heavy atom. The zero-order valence-electron chi connectivity index (χ0n) is 13.4. The van der Waals surface area contributed by atoms with Crippen LogP contribution >= 0.6 is 0 Å². The lowest BCUT2D eigenvalue weighted by molar-refractivity contribution is 0.0344. The second kappa shape index (κ2) is 7.99. The molecule has 0 saturated heterocycles. The highest BCUT2D eigenvalue weighted by Gasteiger charge is 2.20. The monoisotopic (exact) mass is 334 g/mol. The van der Waals surface area contributed by atoms with Crippen molar-refractivity contribution in [2.45, 2.75) is 44.5 Å². The number of aliphatic hydroxyl groups is 2.